The first kappa shape index (κ1) is 32.2. The van der Waals surface area contributed by atoms with Crippen molar-refractivity contribution in [2.24, 2.45) is 0 Å². The van der Waals surface area contributed by atoms with Crippen LogP contribution in [0.4, 0.5) is 0 Å². The Morgan fingerprint density at radius 1 is 0.400 bits per heavy atom. The van der Waals surface area contributed by atoms with Crippen molar-refractivity contribution in [1.82, 2.24) is 0 Å². The Morgan fingerprint density at radius 3 is 1.02 bits per heavy atom. The van der Waals surface area contributed by atoms with Gasteiger partial charge < -0.3 is 14.2 Å². The molecule has 0 atom stereocenters. The first-order chi connectivity index (χ1) is 24.6. The Balaban J connectivity index is 1.17. The normalized spacial score (nSPS) is 10.7. The second-order valence-corrected chi connectivity index (χ2v) is 12.1. The van der Waals surface area contributed by atoms with Crippen LogP contribution in [0.25, 0.3) is 44.5 Å². The Hall–Kier alpha value is -6.39. The largest absolute Gasteiger partial charge is 0.489 e. The van der Waals surface area contributed by atoms with E-state index in [-0.39, 0.29) is 0 Å². The number of methoxy groups -OCH3 is 1. The third-order valence-electron chi connectivity index (χ3n) is 8.53. The fourth-order valence-electron chi connectivity index (χ4n) is 6.05. The molecule has 244 valence electrons. The maximum absolute atomic E-state index is 12.7. The van der Waals surface area contributed by atoms with Crippen LogP contribution in [0.5, 0.6) is 11.5 Å². The number of ether oxygens (including phenoxy) is 3. The second-order valence-electron chi connectivity index (χ2n) is 12.1. The van der Waals surface area contributed by atoms with Gasteiger partial charge in [0.2, 0.25) is 0 Å². The van der Waals surface area contributed by atoms with Crippen LogP contribution in [0.2, 0.25) is 0 Å². The fraction of sp³-hybridized carbons (Fsp3) is 0.0652. The zero-order valence-electron chi connectivity index (χ0n) is 27.8. The lowest BCUT2D eigenvalue weighted by Crippen LogP contribution is -2.05. The summed E-state index contributed by atoms with van der Waals surface area (Å²) < 4.78 is 17.8. The lowest BCUT2D eigenvalue weighted by atomic mass is 9.96. The Labute approximate surface area is 293 Å². The minimum absolute atomic E-state index is 0.296. The molecule has 0 N–H and O–H groups in total. The molecule has 0 aromatic heterocycles. The zero-order chi connectivity index (χ0) is 34.1. The molecule has 0 fully saturated rings. The predicted octanol–water partition coefficient (Wildman–Crippen LogP) is 11.3. The third-order valence-corrected chi connectivity index (χ3v) is 8.53. The first-order valence-electron chi connectivity index (χ1n) is 16.6. The number of carbonyl (C=O) groups excluding carboxylic acids is 1. The summed E-state index contributed by atoms with van der Waals surface area (Å²) in [5, 5.41) is 0. The maximum Gasteiger partial charge on any atom is 0.338 e. The zero-order valence-corrected chi connectivity index (χ0v) is 27.8. The summed E-state index contributed by atoms with van der Waals surface area (Å²) in [5.41, 5.74) is 11.3. The highest BCUT2D eigenvalue weighted by Gasteiger charge is 2.13. The minimum Gasteiger partial charge on any atom is -0.489 e. The summed E-state index contributed by atoms with van der Waals surface area (Å²) in [6.07, 6.45) is 0. The molecule has 4 nitrogen and oxygen atoms in total. The molecule has 4 heteroatoms. The molecule has 50 heavy (non-hydrogen) atoms. The molecule has 0 spiro atoms. The molecule has 0 bridgehead atoms. The number of rotatable bonds is 11. The summed E-state index contributed by atoms with van der Waals surface area (Å²) in [6, 6.07) is 59.5. The molecule has 0 aliphatic rings. The molecule has 0 amide bonds. The minimum atomic E-state index is -0.463. The Kier molecular flexibility index (Phi) is 9.80. The van der Waals surface area contributed by atoms with Gasteiger partial charge in [-0.2, -0.15) is 0 Å². The molecular weight excluding hydrogens is 617 g/mol. The fourth-order valence-corrected chi connectivity index (χ4v) is 6.05. The van der Waals surface area contributed by atoms with Gasteiger partial charge in [-0.05, 0) is 104 Å². The number of hydrogen-bond donors (Lipinski definition) is 0. The van der Waals surface area contributed by atoms with E-state index in [9.17, 15) is 4.79 Å². The van der Waals surface area contributed by atoms with Crippen molar-refractivity contribution in [3.8, 4) is 56.0 Å². The average Bonchev–Trinajstić information content (AvgIpc) is 3.20. The highest BCUT2D eigenvalue weighted by molar-refractivity contribution is 5.90. The smallest absolute Gasteiger partial charge is 0.338 e. The van der Waals surface area contributed by atoms with E-state index >= 15 is 0 Å². The topological polar surface area (TPSA) is 44.8 Å². The van der Waals surface area contributed by atoms with E-state index in [1.54, 1.807) is 12.1 Å². The van der Waals surface area contributed by atoms with Crippen molar-refractivity contribution in [1.29, 1.82) is 0 Å². The van der Waals surface area contributed by atoms with E-state index in [2.05, 4.69) is 84.9 Å². The summed E-state index contributed by atoms with van der Waals surface area (Å²) in [7, 11) is 1.37. The summed E-state index contributed by atoms with van der Waals surface area (Å²) >= 11 is 0. The van der Waals surface area contributed by atoms with Crippen LogP contribution in [-0.4, -0.2) is 13.1 Å². The third kappa shape index (κ3) is 7.83. The van der Waals surface area contributed by atoms with Crippen LogP contribution in [0, 0.1) is 0 Å². The maximum atomic E-state index is 12.7. The lowest BCUT2D eigenvalue weighted by molar-refractivity contribution is 0.0599. The Morgan fingerprint density at radius 2 is 0.720 bits per heavy atom. The molecule has 7 rings (SSSR count). The van der Waals surface area contributed by atoms with Gasteiger partial charge in [0.05, 0.1) is 12.7 Å². The first-order valence-corrected chi connectivity index (χ1v) is 16.6. The molecule has 0 aliphatic heterocycles. The number of carbonyl (C=O) groups is 1. The lowest BCUT2D eigenvalue weighted by Gasteiger charge is -2.15. The van der Waals surface area contributed by atoms with Gasteiger partial charge in [0.25, 0.3) is 0 Å². The van der Waals surface area contributed by atoms with Crippen LogP contribution >= 0.6 is 0 Å². The van der Waals surface area contributed by atoms with Gasteiger partial charge in [0.1, 0.15) is 24.7 Å². The summed E-state index contributed by atoms with van der Waals surface area (Å²) in [4.78, 5) is 12.7. The van der Waals surface area contributed by atoms with Crippen LogP contribution in [-0.2, 0) is 18.0 Å². The number of benzene rings is 7. The van der Waals surface area contributed by atoms with E-state index in [4.69, 9.17) is 14.2 Å². The van der Waals surface area contributed by atoms with Gasteiger partial charge in [-0.25, -0.2) is 4.79 Å². The monoisotopic (exact) mass is 652 g/mol. The second kappa shape index (κ2) is 15.2. The van der Waals surface area contributed by atoms with Crippen LogP contribution in [0.3, 0.4) is 0 Å². The van der Waals surface area contributed by atoms with Gasteiger partial charge in [0.15, 0.2) is 0 Å². The van der Waals surface area contributed by atoms with Crippen molar-refractivity contribution in [3.05, 3.63) is 193 Å². The van der Waals surface area contributed by atoms with Crippen LogP contribution in [0.1, 0.15) is 21.5 Å². The molecule has 0 saturated carbocycles. The Bertz CT molecular complexity index is 1930. The summed E-state index contributed by atoms with van der Waals surface area (Å²) in [6.45, 7) is 0.592. The number of hydrogen-bond acceptors (Lipinski definition) is 4. The van der Waals surface area contributed by atoms with Gasteiger partial charge in [-0.3, -0.25) is 0 Å². The van der Waals surface area contributed by atoms with Crippen LogP contribution < -0.4 is 9.47 Å². The van der Waals surface area contributed by atoms with E-state index in [1.807, 2.05) is 78.9 Å². The average molecular weight is 653 g/mol. The molecule has 7 aromatic rings. The van der Waals surface area contributed by atoms with Crippen molar-refractivity contribution in [2.45, 2.75) is 13.2 Å². The van der Waals surface area contributed by atoms with Crippen molar-refractivity contribution in [2.75, 3.05) is 7.11 Å². The van der Waals surface area contributed by atoms with E-state index in [0.29, 0.717) is 30.3 Å². The molecule has 0 unspecified atom stereocenters. The predicted molar refractivity (Wildman–Crippen MR) is 201 cm³/mol. The highest BCUT2D eigenvalue weighted by Crippen LogP contribution is 2.32. The van der Waals surface area contributed by atoms with E-state index in [1.165, 1.54) is 7.11 Å². The van der Waals surface area contributed by atoms with Crippen molar-refractivity contribution >= 4 is 5.97 Å². The van der Waals surface area contributed by atoms with Gasteiger partial charge >= 0.3 is 5.97 Å². The van der Waals surface area contributed by atoms with E-state index < -0.39 is 5.97 Å². The van der Waals surface area contributed by atoms with Crippen molar-refractivity contribution in [3.63, 3.8) is 0 Å². The van der Waals surface area contributed by atoms with Crippen molar-refractivity contribution < 1.29 is 19.0 Å². The van der Waals surface area contributed by atoms with Gasteiger partial charge in [0, 0.05) is 6.07 Å². The van der Waals surface area contributed by atoms with Gasteiger partial charge in [-0.15, -0.1) is 0 Å². The van der Waals surface area contributed by atoms with E-state index in [0.717, 1.165) is 55.6 Å². The highest BCUT2D eigenvalue weighted by atomic mass is 16.5. The molecule has 0 aliphatic carbocycles. The standard InChI is InChI=1S/C46H36O4/c1-48-46(47)43-28-44(49-31-33-22-39(35-14-6-2-7-15-35)26-40(23-33)36-16-8-3-9-17-36)30-45(29-43)50-32-34-24-41(37-18-10-4-11-19-37)27-42(25-34)38-20-12-5-13-21-38/h2-30H,31-32H2,1H3. The van der Waals surface area contributed by atoms with Gasteiger partial charge in [-0.1, -0.05) is 121 Å². The summed E-state index contributed by atoms with van der Waals surface area (Å²) in [5.74, 6) is 0.560. The molecule has 7 aromatic carbocycles. The number of esters is 1. The molecular formula is C46H36O4. The SMILES string of the molecule is COC(=O)c1cc(OCc2cc(-c3ccccc3)cc(-c3ccccc3)c2)cc(OCc2cc(-c3ccccc3)cc(-c3ccccc3)c2)c1. The molecule has 0 saturated heterocycles. The molecule has 0 radical (unpaired) electrons. The van der Waals surface area contributed by atoms with Crippen LogP contribution in [0.15, 0.2) is 176 Å². The quantitative estimate of drug-likeness (QED) is 0.130. The molecule has 0 heterocycles.